The summed E-state index contributed by atoms with van der Waals surface area (Å²) in [5, 5.41) is 15.3. The maximum absolute atomic E-state index is 13.5. The molecule has 14 nitrogen and oxygen atoms in total. The first-order chi connectivity index (χ1) is 22.2. The number of likely N-dealkylation sites (tertiary alicyclic amines) is 1. The topological polar surface area (TPSA) is 172 Å². The number of nitrogens with zero attached hydrogens (tertiary/aromatic N) is 5. The number of rotatable bonds is 11. The fourth-order valence-corrected chi connectivity index (χ4v) is 6.41. The highest BCUT2D eigenvalue weighted by Crippen LogP contribution is 2.33. The molecule has 0 saturated carbocycles. The molecule has 15 heteroatoms. The van der Waals surface area contributed by atoms with Gasteiger partial charge in [0.05, 0.1) is 18.2 Å². The highest BCUT2D eigenvalue weighted by molar-refractivity contribution is 7.09. The second-order valence-electron chi connectivity index (χ2n) is 10.9. The van der Waals surface area contributed by atoms with Crippen molar-refractivity contribution in [2.45, 2.75) is 44.7 Å². The van der Waals surface area contributed by atoms with E-state index in [-0.39, 0.29) is 75.6 Å². The van der Waals surface area contributed by atoms with Gasteiger partial charge in [-0.15, -0.1) is 11.3 Å². The Labute approximate surface area is 269 Å². The van der Waals surface area contributed by atoms with Crippen LogP contribution in [0.4, 0.5) is 4.79 Å². The van der Waals surface area contributed by atoms with Gasteiger partial charge in [-0.2, -0.15) is 0 Å². The lowest BCUT2D eigenvalue weighted by Gasteiger charge is -2.35. The molecule has 2 aromatic heterocycles. The van der Waals surface area contributed by atoms with Crippen molar-refractivity contribution in [3.05, 3.63) is 52.6 Å². The van der Waals surface area contributed by atoms with Crippen LogP contribution < -0.4 is 10.1 Å². The molecule has 4 amide bonds. The molecule has 0 radical (unpaired) electrons. The van der Waals surface area contributed by atoms with Crippen LogP contribution in [0.15, 0.2) is 41.9 Å². The zero-order valence-electron chi connectivity index (χ0n) is 25.4. The first-order valence-electron chi connectivity index (χ1n) is 15.2. The van der Waals surface area contributed by atoms with E-state index in [0.717, 1.165) is 17.8 Å². The summed E-state index contributed by atoms with van der Waals surface area (Å²) in [4.78, 5) is 77.2. The first-order valence-corrected chi connectivity index (χ1v) is 16.1. The molecule has 2 aliphatic heterocycles. The number of piperazine rings is 1. The molecule has 3 aromatic rings. The minimum Gasteiger partial charge on any atom is -0.483 e. The maximum Gasteiger partial charge on any atom is 0.409 e. The van der Waals surface area contributed by atoms with Crippen LogP contribution in [0, 0.1) is 0 Å². The summed E-state index contributed by atoms with van der Waals surface area (Å²) in [5.74, 6) is -2.19. The third kappa shape index (κ3) is 7.70. The lowest BCUT2D eigenvalue weighted by molar-refractivity contribution is -0.138. The zero-order valence-corrected chi connectivity index (χ0v) is 26.2. The van der Waals surface area contributed by atoms with Crippen molar-refractivity contribution < 1.29 is 38.6 Å². The predicted molar refractivity (Wildman–Crippen MR) is 166 cm³/mol. The van der Waals surface area contributed by atoms with Crippen LogP contribution in [0.3, 0.4) is 0 Å². The van der Waals surface area contributed by atoms with Crippen molar-refractivity contribution in [1.82, 2.24) is 30.0 Å². The summed E-state index contributed by atoms with van der Waals surface area (Å²) >= 11 is 1.51. The van der Waals surface area contributed by atoms with Gasteiger partial charge in [-0.05, 0) is 38.3 Å². The molecular formula is C31H36N6O8S. The molecule has 1 aromatic carbocycles. The Morgan fingerprint density at radius 3 is 2.57 bits per heavy atom. The number of fused-ring (bicyclic) bond motifs is 1. The van der Waals surface area contributed by atoms with Gasteiger partial charge in [-0.1, -0.05) is 12.1 Å². The summed E-state index contributed by atoms with van der Waals surface area (Å²) in [6.45, 7) is 3.19. The smallest absolute Gasteiger partial charge is 0.409 e. The largest absolute Gasteiger partial charge is 0.483 e. The molecule has 2 aliphatic rings. The molecule has 2 fully saturated rings. The Morgan fingerprint density at radius 2 is 1.85 bits per heavy atom. The monoisotopic (exact) mass is 652 g/mol. The second-order valence-corrected chi connectivity index (χ2v) is 11.8. The summed E-state index contributed by atoms with van der Waals surface area (Å²) in [6, 6.07) is 7.20. The number of nitrogens with one attached hydrogen (secondary N) is 1. The molecule has 0 aliphatic carbocycles. The van der Waals surface area contributed by atoms with Crippen LogP contribution in [0.25, 0.3) is 10.9 Å². The SMILES string of the molecule is CCOC(=O)N1CCN(C(=O)C(CCC(=O)O)NC(=O)c2cc(OCC(=O)N3CCCC3c3nccs3)c3ccccc3n2)CC1. The molecule has 4 heterocycles. The Kier molecular flexibility index (Phi) is 10.6. The number of carboxylic acids is 1. The number of thiazole rings is 1. The van der Waals surface area contributed by atoms with Crippen molar-refractivity contribution in [3.63, 3.8) is 0 Å². The number of hydrogen-bond donors (Lipinski definition) is 2. The van der Waals surface area contributed by atoms with Gasteiger partial charge in [0.1, 0.15) is 22.5 Å². The van der Waals surface area contributed by atoms with E-state index in [1.165, 1.54) is 27.2 Å². The molecule has 244 valence electrons. The number of pyridine rings is 1. The number of amides is 4. The van der Waals surface area contributed by atoms with Gasteiger partial charge < -0.3 is 34.6 Å². The van der Waals surface area contributed by atoms with Gasteiger partial charge in [0, 0.05) is 62.2 Å². The van der Waals surface area contributed by atoms with Crippen molar-refractivity contribution >= 4 is 52.0 Å². The Morgan fingerprint density at radius 1 is 1.09 bits per heavy atom. The highest BCUT2D eigenvalue weighted by Gasteiger charge is 2.33. The molecule has 2 N–H and O–H groups in total. The second kappa shape index (κ2) is 15.0. The van der Waals surface area contributed by atoms with Crippen molar-refractivity contribution in [2.75, 3.05) is 45.9 Å². The van der Waals surface area contributed by atoms with Crippen LogP contribution in [-0.2, 0) is 19.1 Å². The van der Waals surface area contributed by atoms with E-state index in [2.05, 4.69) is 15.3 Å². The van der Waals surface area contributed by atoms with E-state index < -0.39 is 29.9 Å². The quantitative estimate of drug-likeness (QED) is 0.314. The summed E-state index contributed by atoms with van der Waals surface area (Å²) in [5.41, 5.74) is 0.395. The molecule has 46 heavy (non-hydrogen) atoms. The number of ether oxygens (including phenoxy) is 2. The van der Waals surface area contributed by atoms with E-state index in [0.29, 0.717) is 17.4 Å². The van der Waals surface area contributed by atoms with Crippen molar-refractivity contribution in [3.8, 4) is 5.75 Å². The molecule has 5 rings (SSSR count). The molecular weight excluding hydrogens is 616 g/mol. The number of carbonyl (C=O) groups excluding carboxylic acids is 4. The fourth-order valence-electron chi connectivity index (χ4n) is 5.62. The Balaban J connectivity index is 1.29. The fraction of sp³-hybridized carbons (Fsp3) is 0.452. The van der Waals surface area contributed by atoms with Gasteiger partial charge in [0.15, 0.2) is 6.61 Å². The average molecular weight is 653 g/mol. The summed E-state index contributed by atoms with van der Waals surface area (Å²) in [6.07, 6.45) is 2.46. The van der Waals surface area contributed by atoms with Crippen LogP contribution in [-0.4, -0.2) is 112 Å². The van der Waals surface area contributed by atoms with E-state index in [9.17, 15) is 29.1 Å². The van der Waals surface area contributed by atoms with E-state index in [4.69, 9.17) is 9.47 Å². The molecule has 2 atom stereocenters. The number of aromatic nitrogens is 2. The average Bonchev–Trinajstić information content (AvgIpc) is 3.78. The molecule has 0 bridgehead atoms. The van der Waals surface area contributed by atoms with Gasteiger partial charge in [0.2, 0.25) is 5.91 Å². The first kappa shape index (κ1) is 32.6. The number of carboxylic acid groups (broad SMARTS) is 1. The van der Waals surface area contributed by atoms with Gasteiger partial charge >= 0.3 is 12.1 Å². The number of para-hydroxylation sites is 1. The Hall–Kier alpha value is -4.79. The Bertz CT molecular complexity index is 1580. The lowest BCUT2D eigenvalue weighted by Crippen LogP contribution is -2.56. The molecule has 2 unspecified atom stereocenters. The maximum atomic E-state index is 13.5. The minimum atomic E-state index is -1.14. The predicted octanol–water partition coefficient (Wildman–Crippen LogP) is 2.70. The number of aliphatic carboxylic acids is 1. The van der Waals surface area contributed by atoms with E-state index in [1.807, 2.05) is 5.38 Å². The summed E-state index contributed by atoms with van der Waals surface area (Å²) < 4.78 is 11.0. The van der Waals surface area contributed by atoms with Gasteiger partial charge in [-0.3, -0.25) is 19.2 Å². The lowest BCUT2D eigenvalue weighted by atomic mass is 10.1. The van der Waals surface area contributed by atoms with Crippen molar-refractivity contribution in [1.29, 1.82) is 0 Å². The third-order valence-electron chi connectivity index (χ3n) is 7.94. The minimum absolute atomic E-state index is 0.0526. The molecule has 0 spiro atoms. The van der Waals surface area contributed by atoms with E-state index in [1.54, 1.807) is 42.3 Å². The van der Waals surface area contributed by atoms with Crippen LogP contribution in [0.2, 0.25) is 0 Å². The normalized spacial score (nSPS) is 17.1. The van der Waals surface area contributed by atoms with Crippen LogP contribution in [0.1, 0.15) is 54.1 Å². The third-order valence-corrected chi connectivity index (χ3v) is 8.82. The van der Waals surface area contributed by atoms with Gasteiger partial charge in [-0.25, -0.2) is 14.8 Å². The zero-order chi connectivity index (χ0) is 32.6. The van der Waals surface area contributed by atoms with Crippen LogP contribution in [0.5, 0.6) is 5.75 Å². The number of benzene rings is 1. The van der Waals surface area contributed by atoms with E-state index >= 15 is 0 Å². The molecule has 2 saturated heterocycles. The number of carbonyl (C=O) groups is 5. The standard InChI is InChI=1S/C31H36N6O8S/c1-2-44-31(43)36-15-13-35(14-16-36)30(42)22(9-10-27(39)40)34-28(41)23-18-25(20-6-3-4-7-21(20)33-23)45-19-26(38)37-12-5-8-24(37)29-32-11-17-46-29/h3-4,6-7,11,17-18,22,24H,2,5,8-10,12-16,19H2,1H3,(H,34,41)(H,39,40). The van der Waals surface area contributed by atoms with Crippen molar-refractivity contribution in [2.24, 2.45) is 0 Å². The number of hydrogen-bond acceptors (Lipinski definition) is 10. The van der Waals surface area contributed by atoms with Crippen LogP contribution >= 0.6 is 11.3 Å². The summed E-state index contributed by atoms with van der Waals surface area (Å²) in [7, 11) is 0. The van der Waals surface area contributed by atoms with Gasteiger partial charge in [0.25, 0.3) is 11.8 Å². The highest BCUT2D eigenvalue weighted by atomic mass is 32.1.